The second kappa shape index (κ2) is 17.3. The van der Waals surface area contributed by atoms with E-state index in [9.17, 15) is 88.6 Å². The Morgan fingerprint density at radius 1 is 0.458 bits per heavy atom. The van der Waals surface area contributed by atoms with Crippen molar-refractivity contribution in [2.24, 2.45) is 0 Å². The molecule has 0 saturated carbocycles. The number of ether oxygens (including phenoxy) is 4. The molecule has 0 aliphatic carbocycles. The predicted octanol–water partition coefficient (Wildman–Crippen LogP) is 11.7. The highest BCUT2D eigenvalue weighted by Crippen LogP contribution is 2.55. The molecule has 0 radical (unpaired) electrons. The third kappa shape index (κ3) is 10.4. The maximum atomic E-state index is 13.7. The van der Waals surface area contributed by atoms with Gasteiger partial charge in [-0.3, -0.25) is 0 Å². The second-order valence-corrected chi connectivity index (χ2v) is 12.3. The zero-order valence-corrected chi connectivity index (χ0v) is 29.3. The minimum absolute atomic E-state index is 0.0971. The molecule has 0 atom stereocenters. The Morgan fingerprint density at radius 3 is 1.05 bits per heavy atom. The van der Waals surface area contributed by atoms with Gasteiger partial charge >= 0.3 is 59.8 Å². The van der Waals surface area contributed by atoms with Crippen LogP contribution in [-0.4, -0.2) is 73.0 Å². The highest BCUT2D eigenvalue weighted by atomic mass is 19.4. The molecule has 0 spiro atoms. The van der Waals surface area contributed by atoms with Crippen LogP contribution in [0.1, 0.15) is 52.0 Å². The molecule has 0 saturated heterocycles. The summed E-state index contributed by atoms with van der Waals surface area (Å²) >= 11 is 0. The minimum Gasteiger partial charge on any atom is -0.494 e. The summed E-state index contributed by atoms with van der Waals surface area (Å²) in [7, 11) is 0. The van der Waals surface area contributed by atoms with E-state index in [0.717, 1.165) is 48.5 Å². The fourth-order valence-corrected chi connectivity index (χ4v) is 4.61. The quantitative estimate of drug-likeness (QED) is 0.0548. The lowest BCUT2D eigenvalue weighted by Crippen LogP contribution is -2.60. The normalized spacial score (nSPS) is 13.5. The number of carbonyl (C=O) groups is 2. The van der Waals surface area contributed by atoms with Crippen molar-refractivity contribution in [3.63, 3.8) is 0 Å². The Morgan fingerprint density at radius 2 is 0.763 bits per heavy atom. The molecule has 0 heterocycles. The molecule has 24 heteroatoms. The number of halogens is 18. The first kappa shape index (κ1) is 48.3. The minimum atomic E-state index is -7.02. The topological polar surface area (TPSA) is 71.1 Å². The molecular formula is C35H26F18O6. The van der Waals surface area contributed by atoms with Gasteiger partial charge in [-0.2, -0.15) is 79.0 Å². The van der Waals surface area contributed by atoms with Gasteiger partial charge < -0.3 is 18.9 Å². The Kier molecular flexibility index (Phi) is 14.1. The fraction of sp³-hybridized carbons (Fsp3) is 0.429. The van der Waals surface area contributed by atoms with E-state index < -0.39 is 98.7 Å². The molecule has 0 fully saturated rings. The predicted molar refractivity (Wildman–Crippen MR) is 165 cm³/mol. The van der Waals surface area contributed by atoms with Crippen molar-refractivity contribution in [2.75, 3.05) is 13.2 Å². The number of rotatable bonds is 18. The lowest BCUT2D eigenvalue weighted by atomic mass is 10.00. The maximum absolute atomic E-state index is 13.7. The molecule has 0 amide bonds. The zero-order chi connectivity index (χ0) is 45.0. The van der Waals surface area contributed by atoms with Crippen molar-refractivity contribution in [2.45, 2.75) is 80.5 Å². The van der Waals surface area contributed by atoms with E-state index in [1.807, 2.05) is 0 Å². The summed E-state index contributed by atoms with van der Waals surface area (Å²) in [6.45, 7) is -0.303. The standard InChI is InChI=1S/C35H26F18O6/c1-19-24(58-26(54)20-7-11-22(12-8-20)56-17-3-15-28(36,37)30(40,41)32(44,45)34(48,49)50)5-2-6-25(19)59-27(55)21-9-13-23(14-10-21)57-18-4-16-29(38,39)31(42,43)33(46,47)35(51,52)53/h2,5-14H,3-4,15-18H2,1H3. The molecule has 0 N–H and O–H groups in total. The van der Waals surface area contributed by atoms with Gasteiger partial charge in [0.2, 0.25) is 0 Å². The van der Waals surface area contributed by atoms with Gasteiger partial charge in [-0.1, -0.05) is 6.07 Å². The molecule has 0 aliphatic rings. The van der Waals surface area contributed by atoms with Gasteiger partial charge in [0.25, 0.3) is 0 Å². The van der Waals surface area contributed by atoms with Crippen LogP contribution in [0.2, 0.25) is 0 Å². The van der Waals surface area contributed by atoms with Crippen LogP contribution in [0.15, 0.2) is 66.7 Å². The van der Waals surface area contributed by atoms with Crippen molar-refractivity contribution >= 4 is 11.9 Å². The van der Waals surface area contributed by atoms with Gasteiger partial charge in [0, 0.05) is 18.4 Å². The maximum Gasteiger partial charge on any atom is 0.460 e. The lowest BCUT2D eigenvalue weighted by molar-refractivity contribution is -0.396. The average Bonchev–Trinajstić information content (AvgIpc) is 3.12. The van der Waals surface area contributed by atoms with Crippen molar-refractivity contribution in [1.82, 2.24) is 0 Å². The first-order valence-corrected chi connectivity index (χ1v) is 16.2. The van der Waals surface area contributed by atoms with Gasteiger partial charge in [0.05, 0.1) is 24.3 Å². The van der Waals surface area contributed by atoms with Crippen LogP contribution in [0.3, 0.4) is 0 Å². The summed E-state index contributed by atoms with van der Waals surface area (Å²) in [4.78, 5) is 25.4. The molecule has 0 aliphatic heterocycles. The van der Waals surface area contributed by atoms with E-state index >= 15 is 0 Å². The third-order valence-electron chi connectivity index (χ3n) is 8.05. The van der Waals surface area contributed by atoms with Crippen LogP contribution < -0.4 is 18.9 Å². The summed E-state index contributed by atoms with van der Waals surface area (Å²) in [5.41, 5.74) is -0.215. The van der Waals surface area contributed by atoms with Crippen LogP contribution in [-0.2, 0) is 0 Å². The average molecular weight is 885 g/mol. The Labute approximate surface area is 320 Å². The largest absolute Gasteiger partial charge is 0.494 e. The molecule has 0 bridgehead atoms. The molecule has 0 aromatic heterocycles. The monoisotopic (exact) mass is 884 g/mol. The van der Waals surface area contributed by atoms with E-state index in [2.05, 4.69) is 0 Å². The van der Waals surface area contributed by atoms with E-state index in [1.165, 1.54) is 25.1 Å². The number of hydrogen-bond donors (Lipinski definition) is 0. The number of carbonyl (C=O) groups excluding carboxylic acids is 2. The molecule has 3 rings (SSSR count). The highest BCUT2D eigenvalue weighted by molar-refractivity contribution is 5.92. The summed E-state index contributed by atoms with van der Waals surface area (Å²) in [6.07, 6.45) is -20.3. The van der Waals surface area contributed by atoms with Gasteiger partial charge in [-0.05, 0) is 80.4 Å². The lowest BCUT2D eigenvalue weighted by Gasteiger charge is -2.33. The van der Waals surface area contributed by atoms with Crippen LogP contribution in [0.25, 0.3) is 0 Å². The summed E-state index contributed by atoms with van der Waals surface area (Å²) in [5, 5.41) is 0. The number of benzene rings is 3. The second-order valence-electron chi connectivity index (χ2n) is 12.3. The fourth-order valence-electron chi connectivity index (χ4n) is 4.61. The van der Waals surface area contributed by atoms with E-state index in [0.29, 0.717) is 0 Å². The molecule has 59 heavy (non-hydrogen) atoms. The SMILES string of the molecule is Cc1c(OC(=O)c2ccc(OCCCC(F)(F)C(F)(F)C(F)(F)C(F)(F)F)cc2)cccc1OC(=O)c1ccc(OCCCC(F)(F)C(F)(F)C(F)(F)C(F)(F)F)cc1. The van der Waals surface area contributed by atoms with Gasteiger partial charge in [0.1, 0.15) is 23.0 Å². The molecule has 0 unspecified atom stereocenters. The van der Waals surface area contributed by atoms with Crippen LogP contribution in [0.5, 0.6) is 23.0 Å². The third-order valence-corrected chi connectivity index (χ3v) is 8.05. The first-order valence-electron chi connectivity index (χ1n) is 16.2. The first-order chi connectivity index (χ1) is 26.8. The Bertz CT molecular complexity index is 1770. The van der Waals surface area contributed by atoms with Gasteiger partial charge in [-0.25, -0.2) is 9.59 Å². The molecule has 328 valence electrons. The van der Waals surface area contributed by atoms with Crippen molar-refractivity contribution < 1.29 is 108 Å². The van der Waals surface area contributed by atoms with E-state index in [4.69, 9.17) is 18.9 Å². The number of hydrogen-bond acceptors (Lipinski definition) is 6. The van der Waals surface area contributed by atoms with E-state index in [-0.39, 0.29) is 39.7 Å². The van der Waals surface area contributed by atoms with Crippen LogP contribution in [0, 0.1) is 6.92 Å². The van der Waals surface area contributed by atoms with Crippen molar-refractivity contribution in [3.05, 3.63) is 83.4 Å². The van der Waals surface area contributed by atoms with Gasteiger partial charge in [0.15, 0.2) is 0 Å². The number of alkyl halides is 18. The number of esters is 2. The molecule has 3 aromatic carbocycles. The smallest absolute Gasteiger partial charge is 0.460 e. The summed E-state index contributed by atoms with van der Waals surface area (Å²) in [6, 6.07) is 12.5. The van der Waals surface area contributed by atoms with Crippen molar-refractivity contribution in [1.29, 1.82) is 0 Å². The zero-order valence-electron chi connectivity index (χ0n) is 29.3. The Balaban J connectivity index is 1.52. The van der Waals surface area contributed by atoms with Crippen molar-refractivity contribution in [3.8, 4) is 23.0 Å². The Hall–Kier alpha value is -5.06. The van der Waals surface area contributed by atoms with Crippen LogP contribution >= 0.6 is 0 Å². The molecule has 3 aromatic rings. The van der Waals surface area contributed by atoms with Crippen LogP contribution in [0.4, 0.5) is 79.0 Å². The summed E-state index contributed by atoms with van der Waals surface area (Å²) < 4.78 is 255. The highest BCUT2D eigenvalue weighted by Gasteiger charge is 2.82. The van der Waals surface area contributed by atoms with Gasteiger partial charge in [-0.15, -0.1) is 0 Å². The van der Waals surface area contributed by atoms with E-state index in [1.54, 1.807) is 0 Å². The molecule has 6 nitrogen and oxygen atoms in total. The summed E-state index contributed by atoms with van der Waals surface area (Å²) in [5.74, 6) is -41.7. The molecular weight excluding hydrogens is 858 g/mol.